The van der Waals surface area contributed by atoms with E-state index in [0.29, 0.717) is 4.66 Å². The summed E-state index contributed by atoms with van der Waals surface area (Å²) < 4.78 is 5.30. The molecule has 1 rings (SSSR count). The first kappa shape index (κ1) is 11.2. The summed E-state index contributed by atoms with van der Waals surface area (Å²) in [6.45, 7) is 1.94. The van der Waals surface area contributed by atoms with E-state index in [0.717, 1.165) is 17.4 Å². The van der Waals surface area contributed by atoms with Gasteiger partial charge >= 0.3 is 5.97 Å². The van der Waals surface area contributed by atoms with Gasteiger partial charge in [0.1, 0.15) is 9.20 Å². The Hall–Kier alpha value is -1.87. The molecule has 15 heavy (non-hydrogen) atoms. The number of aromatic amines is 1. The molecule has 0 aliphatic rings. The molecule has 6 heteroatoms. The first-order chi connectivity index (χ1) is 7.17. The maximum Gasteiger partial charge on any atom is 0.332 e. The largest absolute Gasteiger partial charge is 0.463 e. The van der Waals surface area contributed by atoms with Crippen LogP contribution in [-0.2, 0) is 9.53 Å². The molecule has 1 heterocycles. The number of H-pyrrole nitrogens is 1. The van der Waals surface area contributed by atoms with E-state index in [4.69, 9.17) is 5.26 Å². The number of hydrogen-bond donors (Lipinski definition) is 1. The monoisotopic (exact) mass is 224 g/mol. The van der Waals surface area contributed by atoms with Gasteiger partial charge in [0, 0.05) is 12.2 Å². The molecule has 0 unspecified atom stereocenters. The molecule has 0 atom stereocenters. The first-order valence-corrected chi connectivity index (χ1v) is 4.96. The van der Waals surface area contributed by atoms with Crippen LogP contribution in [0, 0.1) is 11.3 Å². The molecule has 78 valence electrons. The molecular weight excluding hydrogens is 216 g/mol. The van der Waals surface area contributed by atoms with Gasteiger partial charge in [-0.1, -0.05) is 0 Å². The number of esters is 1. The molecule has 0 aromatic carbocycles. The second kappa shape index (κ2) is 5.12. The van der Waals surface area contributed by atoms with Crippen molar-refractivity contribution in [1.29, 1.82) is 5.26 Å². The third kappa shape index (κ3) is 3.07. The van der Waals surface area contributed by atoms with Gasteiger partial charge in [-0.3, -0.25) is 4.79 Å². The molecule has 0 aliphatic carbocycles. The maximum atomic E-state index is 11.2. The topological polar surface area (TPSA) is 82.9 Å². The van der Waals surface area contributed by atoms with E-state index in [1.165, 1.54) is 6.08 Å². The van der Waals surface area contributed by atoms with E-state index in [2.05, 4.69) is 9.72 Å². The molecule has 0 saturated heterocycles. The number of ether oxygens (including phenoxy) is 1. The Labute approximate surface area is 88.9 Å². The van der Waals surface area contributed by atoms with Crippen molar-refractivity contribution < 1.29 is 9.53 Å². The minimum atomic E-state index is -0.562. The average Bonchev–Trinajstić information content (AvgIpc) is 2.48. The first-order valence-electron chi connectivity index (χ1n) is 4.14. The fraction of sp³-hybridized carbons (Fsp3) is 0.222. The second-order valence-corrected chi connectivity index (χ2v) is 3.54. The smallest absolute Gasteiger partial charge is 0.332 e. The number of aromatic nitrogens is 1. The van der Waals surface area contributed by atoms with Gasteiger partial charge < -0.3 is 9.72 Å². The van der Waals surface area contributed by atoms with E-state index in [-0.39, 0.29) is 11.1 Å². The molecule has 0 saturated carbocycles. The number of thiazole rings is 1. The maximum absolute atomic E-state index is 11.2. The van der Waals surface area contributed by atoms with E-state index >= 15 is 0 Å². The summed E-state index contributed by atoms with van der Waals surface area (Å²) in [5.74, 6) is -0.562. The molecule has 5 nitrogen and oxygen atoms in total. The molecule has 0 radical (unpaired) electrons. The average molecular weight is 224 g/mol. The van der Waals surface area contributed by atoms with Gasteiger partial charge in [0.2, 0.25) is 0 Å². The lowest BCUT2D eigenvalue weighted by Crippen LogP contribution is -2.21. The highest BCUT2D eigenvalue weighted by Gasteiger charge is 1.99. The van der Waals surface area contributed by atoms with Crippen molar-refractivity contribution in [3.05, 3.63) is 19.5 Å². The van der Waals surface area contributed by atoms with E-state index < -0.39 is 11.5 Å². The van der Waals surface area contributed by atoms with Crippen LogP contribution in [-0.4, -0.2) is 17.6 Å². The van der Waals surface area contributed by atoms with Gasteiger partial charge in [-0.25, -0.2) is 4.79 Å². The molecule has 0 bridgehead atoms. The fourth-order valence-electron chi connectivity index (χ4n) is 0.874. The normalized spacial score (nSPS) is 12.5. The molecule has 0 amide bonds. The van der Waals surface area contributed by atoms with Crippen molar-refractivity contribution in [1.82, 2.24) is 4.98 Å². The summed E-state index contributed by atoms with van der Waals surface area (Å²) in [6, 6.07) is 1.79. The van der Waals surface area contributed by atoms with Crippen LogP contribution < -0.4 is 14.8 Å². The van der Waals surface area contributed by atoms with Crippen LogP contribution in [0.5, 0.6) is 0 Å². The lowest BCUT2D eigenvalue weighted by atomic mass is 10.5. The highest BCUT2D eigenvalue weighted by molar-refractivity contribution is 7.07. The lowest BCUT2D eigenvalue weighted by Gasteiger charge is -1.91. The van der Waals surface area contributed by atoms with E-state index in [9.17, 15) is 9.59 Å². The van der Waals surface area contributed by atoms with Crippen LogP contribution in [0.4, 0.5) is 0 Å². The van der Waals surface area contributed by atoms with Crippen LogP contribution in [0.25, 0.3) is 12.2 Å². The minimum Gasteiger partial charge on any atom is -0.463 e. The number of carbonyl (C=O) groups is 1. The molecular formula is C9H8N2O3S. The second-order valence-electron chi connectivity index (χ2n) is 2.45. The zero-order valence-corrected chi connectivity index (χ0v) is 8.76. The third-order valence-corrected chi connectivity index (χ3v) is 2.37. The van der Waals surface area contributed by atoms with Crippen molar-refractivity contribution in [3.8, 4) is 6.07 Å². The number of nitrogens with zero attached hydrogens (tertiary/aromatic N) is 1. The van der Waals surface area contributed by atoms with Gasteiger partial charge in [-0.05, 0) is 6.92 Å². The Morgan fingerprint density at radius 1 is 1.73 bits per heavy atom. The summed E-state index contributed by atoms with van der Waals surface area (Å²) in [6.07, 6.45) is 2.32. The number of rotatable bonds is 2. The number of nitrogens with one attached hydrogen (secondary N) is 1. The zero-order valence-electron chi connectivity index (χ0n) is 7.94. The number of hydrogen-bond acceptors (Lipinski definition) is 5. The molecule has 1 N–H and O–H groups in total. The van der Waals surface area contributed by atoms with Crippen molar-refractivity contribution in [2.24, 2.45) is 0 Å². The molecule has 0 aliphatic heterocycles. The van der Waals surface area contributed by atoms with Crippen molar-refractivity contribution in [2.45, 2.75) is 6.92 Å². The standard InChI is InChI=1S/C9H8N2O3S/c1-2-14-8(12)5-6-9(13)11-7(15-6)3-4-10/h3,5H,2H2,1H3,(H,11,13)/b6-5-,7-3-. The Balaban J connectivity index is 3.17. The number of nitriles is 1. The highest BCUT2D eigenvalue weighted by Crippen LogP contribution is 1.79. The summed E-state index contributed by atoms with van der Waals surface area (Å²) in [4.78, 5) is 24.7. The van der Waals surface area contributed by atoms with Crippen molar-refractivity contribution in [3.63, 3.8) is 0 Å². The van der Waals surface area contributed by atoms with E-state index in [1.807, 2.05) is 0 Å². The van der Waals surface area contributed by atoms with Crippen molar-refractivity contribution >= 4 is 29.5 Å². The fourth-order valence-corrected chi connectivity index (χ4v) is 1.67. The Morgan fingerprint density at radius 2 is 2.47 bits per heavy atom. The molecule has 0 spiro atoms. The number of carbonyl (C=O) groups excluding carboxylic acids is 1. The van der Waals surface area contributed by atoms with E-state index in [1.54, 1.807) is 13.0 Å². The lowest BCUT2D eigenvalue weighted by molar-refractivity contribution is -0.135. The Bertz CT molecular complexity index is 561. The summed E-state index contributed by atoms with van der Waals surface area (Å²) in [5.41, 5.74) is -0.394. The zero-order chi connectivity index (χ0) is 11.3. The predicted molar refractivity (Wildman–Crippen MR) is 55.4 cm³/mol. The van der Waals surface area contributed by atoms with Crippen LogP contribution in [0.1, 0.15) is 6.92 Å². The van der Waals surface area contributed by atoms with Crippen LogP contribution in [0.2, 0.25) is 0 Å². The Morgan fingerprint density at radius 3 is 3.07 bits per heavy atom. The van der Waals surface area contributed by atoms with Gasteiger partial charge in [0.05, 0.1) is 12.7 Å². The molecule has 1 aromatic heterocycles. The van der Waals surface area contributed by atoms with Crippen LogP contribution in [0.3, 0.4) is 0 Å². The van der Waals surface area contributed by atoms with Gasteiger partial charge in [-0.2, -0.15) is 5.26 Å². The van der Waals surface area contributed by atoms with Crippen LogP contribution in [0.15, 0.2) is 4.79 Å². The third-order valence-electron chi connectivity index (χ3n) is 1.41. The Kier molecular flexibility index (Phi) is 3.83. The van der Waals surface area contributed by atoms with Crippen LogP contribution >= 0.6 is 11.3 Å². The molecule has 0 fully saturated rings. The van der Waals surface area contributed by atoms with Gasteiger partial charge in [0.15, 0.2) is 0 Å². The minimum absolute atomic E-state index is 0.231. The van der Waals surface area contributed by atoms with Gasteiger partial charge in [-0.15, -0.1) is 11.3 Å². The predicted octanol–water partition coefficient (Wildman–Crippen LogP) is -0.916. The molecule has 1 aromatic rings. The highest BCUT2D eigenvalue weighted by atomic mass is 32.1. The summed E-state index contributed by atoms with van der Waals surface area (Å²) in [7, 11) is 0. The SMILES string of the molecule is CCOC(=O)/C=c1\s/c(=C\C#N)[nH]c1=O. The van der Waals surface area contributed by atoms with Crippen molar-refractivity contribution in [2.75, 3.05) is 6.61 Å². The van der Waals surface area contributed by atoms with Gasteiger partial charge in [0.25, 0.3) is 5.56 Å². The summed E-state index contributed by atoms with van der Waals surface area (Å²) in [5, 5.41) is 8.36. The summed E-state index contributed by atoms with van der Waals surface area (Å²) >= 11 is 1.04. The quantitative estimate of drug-likeness (QED) is 0.659.